The van der Waals surface area contributed by atoms with E-state index in [9.17, 15) is 15.0 Å². The summed E-state index contributed by atoms with van der Waals surface area (Å²) in [5.41, 5.74) is 0. The van der Waals surface area contributed by atoms with E-state index < -0.39 is 12.1 Å². The maximum atomic E-state index is 12.5. The molecule has 0 aromatic carbocycles. The van der Waals surface area contributed by atoms with E-state index in [2.05, 4.69) is 141 Å². The molecule has 0 aliphatic rings. The number of nitrogens with one attached hydrogen (secondary N) is 1. The minimum Gasteiger partial charge on any atom is -0.394 e. The molecule has 0 aliphatic heterocycles. The number of aliphatic hydroxyl groups excluding tert-OH is 2. The van der Waals surface area contributed by atoms with Crippen molar-refractivity contribution in [1.29, 1.82) is 0 Å². The van der Waals surface area contributed by atoms with Crippen molar-refractivity contribution < 1.29 is 15.0 Å². The largest absolute Gasteiger partial charge is 0.394 e. The highest BCUT2D eigenvalue weighted by Gasteiger charge is 2.20. The van der Waals surface area contributed by atoms with Crippen molar-refractivity contribution in [2.24, 2.45) is 0 Å². The molecule has 67 heavy (non-hydrogen) atoms. The minimum atomic E-state index is -0.675. The van der Waals surface area contributed by atoms with Gasteiger partial charge in [-0.3, -0.25) is 4.79 Å². The molecule has 0 radical (unpaired) electrons. The van der Waals surface area contributed by atoms with E-state index in [1.807, 2.05) is 0 Å². The third-order valence-electron chi connectivity index (χ3n) is 12.2. The molecule has 3 N–H and O–H groups in total. The second kappa shape index (κ2) is 57.1. The first-order valence-electron chi connectivity index (χ1n) is 28.2. The summed E-state index contributed by atoms with van der Waals surface area (Å²) in [4.78, 5) is 12.5. The Morgan fingerprint density at radius 3 is 0.985 bits per heavy atom. The Kier molecular flexibility index (Phi) is 54.4. The molecule has 0 heterocycles. The average molecular weight is 927 g/mol. The Morgan fingerprint density at radius 2 is 0.657 bits per heavy atom. The third-order valence-corrected chi connectivity index (χ3v) is 12.2. The lowest BCUT2D eigenvalue weighted by atomic mass is 10.0. The molecular weight excluding hydrogens is 819 g/mol. The standard InChI is InChI=1S/C63H107NO3/c1-3-5-7-9-11-13-15-17-19-21-23-24-25-26-27-28-29-30-31-32-33-34-35-36-37-38-39-40-41-43-45-47-49-51-53-55-57-59-63(67)64-61(60-65)62(66)58-56-54-52-50-48-46-44-42-22-20-18-16-14-12-10-8-6-4-2/h5,7,11,13,17,19,23-24,26-27,29-30,32-33,35-36,38-39,41,43,61-62,65-66H,3-4,6,8-10,12,14-16,18,20-22,25,28,31,34,37,40,42,44-60H2,1-2H3,(H,64,67)/b7-5-,13-11-,19-17-,24-23-,27-26-,30-29-,33-32-,36-35-,39-38-,43-41-. The molecule has 382 valence electrons. The van der Waals surface area contributed by atoms with E-state index in [4.69, 9.17) is 0 Å². The highest BCUT2D eigenvalue weighted by atomic mass is 16.3. The first-order chi connectivity index (χ1) is 33.2. The van der Waals surface area contributed by atoms with Gasteiger partial charge in [0.25, 0.3) is 0 Å². The van der Waals surface area contributed by atoms with Crippen LogP contribution >= 0.6 is 0 Å². The van der Waals surface area contributed by atoms with Gasteiger partial charge < -0.3 is 15.5 Å². The van der Waals surface area contributed by atoms with E-state index in [-0.39, 0.29) is 12.5 Å². The van der Waals surface area contributed by atoms with Crippen LogP contribution in [0.1, 0.15) is 251 Å². The summed E-state index contributed by atoms with van der Waals surface area (Å²) in [5.74, 6) is -0.0494. The van der Waals surface area contributed by atoms with Crippen LogP contribution in [-0.4, -0.2) is 34.9 Å². The van der Waals surface area contributed by atoms with Crippen LogP contribution in [0, 0.1) is 0 Å². The number of hydrogen-bond donors (Lipinski definition) is 3. The molecule has 4 nitrogen and oxygen atoms in total. The Morgan fingerprint density at radius 1 is 0.373 bits per heavy atom. The van der Waals surface area contributed by atoms with Gasteiger partial charge in [-0.2, -0.15) is 0 Å². The van der Waals surface area contributed by atoms with Crippen LogP contribution in [0.2, 0.25) is 0 Å². The number of carbonyl (C=O) groups is 1. The molecular formula is C63H107NO3. The molecule has 0 aromatic heterocycles. The number of rotatable bonds is 50. The van der Waals surface area contributed by atoms with Crippen LogP contribution in [0.4, 0.5) is 0 Å². The highest BCUT2D eigenvalue weighted by molar-refractivity contribution is 5.76. The van der Waals surface area contributed by atoms with Gasteiger partial charge in [0.15, 0.2) is 0 Å². The van der Waals surface area contributed by atoms with Crippen LogP contribution in [-0.2, 0) is 4.79 Å². The van der Waals surface area contributed by atoms with Gasteiger partial charge >= 0.3 is 0 Å². The number of aliphatic hydroxyl groups is 2. The van der Waals surface area contributed by atoms with Gasteiger partial charge in [0.2, 0.25) is 5.91 Å². The maximum absolute atomic E-state index is 12.5. The molecule has 1 amide bonds. The van der Waals surface area contributed by atoms with E-state index in [0.29, 0.717) is 12.8 Å². The number of allylic oxidation sites excluding steroid dienone is 20. The second-order valence-electron chi connectivity index (χ2n) is 18.6. The summed E-state index contributed by atoms with van der Waals surface area (Å²) in [6, 6.07) is -0.553. The average Bonchev–Trinajstić information content (AvgIpc) is 3.33. The third kappa shape index (κ3) is 53.6. The summed E-state index contributed by atoms with van der Waals surface area (Å²) in [6.45, 7) is 4.24. The van der Waals surface area contributed by atoms with Crippen LogP contribution in [0.3, 0.4) is 0 Å². The highest BCUT2D eigenvalue weighted by Crippen LogP contribution is 2.16. The summed E-state index contributed by atoms with van der Waals surface area (Å²) >= 11 is 0. The van der Waals surface area contributed by atoms with Gasteiger partial charge in [-0.25, -0.2) is 0 Å². The monoisotopic (exact) mass is 926 g/mol. The number of amides is 1. The molecule has 0 spiro atoms. The molecule has 0 saturated carbocycles. The summed E-state index contributed by atoms with van der Waals surface area (Å²) in [6.07, 6.45) is 87.4. The molecule has 0 aliphatic carbocycles. The summed E-state index contributed by atoms with van der Waals surface area (Å²) < 4.78 is 0. The lowest BCUT2D eigenvalue weighted by molar-refractivity contribution is -0.123. The van der Waals surface area contributed by atoms with Crippen molar-refractivity contribution in [1.82, 2.24) is 5.32 Å². The van der Waals surface area contributed by atoms with Crippen molar-refractivity contribution in [3.63, 3.8) is 0 Å². The summed E-state index contributed by atoms with van der Waals surface area (Å²) in [7, 11) is 0. The zero-order valence-electron chi connectivity index (χ0n) is 43.9. The van der Waals surface area contributed by atoms with Crippen molar-refractivity contribution in [2.45, 2.75) is 264 Å². The quantitative estimate of drug-likeness (QED) is 0.0421. The first-order valence-corrected chi connectivity index (χ1v) is 28.2. The maximum Gasteiger partial charge on any atom is 0.220 e. The fourth-order valence-electron chi connectivity index (χ4n) is 7.98. The summed E-state index contributed by atoms with van der Waals surface area (Å²) in [5, 5.41) is 23.3. The molecule has 0 fully saturated rings. The molecule has 4 heteroatoms. The van der Waals surface area contributed by atoms with Gasteiger partial charge in [-0.05, 0) is 89.9 Å². The van der Waals surface area contributed by atoms with Gasteiger partial charge in [0.1, 0.15) is 0 Å². The molecule has 2 atom stereocenters. The van der Waals surface area contributed by atoms with Crippen LogP contribution < -0.4 is 5.32 Å². The minimum absolute atomic E-state index is 0.0494. The molecule has 0 aromatic rings. The SMILES string of the molecule is CC/C=C\C/C=C\C/C=C\C/C=C\C/C=C\C/C=C\C/C=C\C/C=C\C/C=C\C/C=C\CCCCCCCCC(=O)NC(CO)C(O)CCCCCCCCCCCCCCCCCCCC. The smallest absolute Gasteiger partial charge is 0.220 e. The van der Waals surface area contributed by atoms with Gasteiger partial charge in [0, 0.05) is 6.42 Å². The Labute approximate surface area is 416 Å². The van der Waals surface area contributed by atoms with E-state index in [1.165, 1.54) is 122 Å². The number of unbranched alkanes of at least 4 members (excludes halogenated alkanes) is 23. The van der Waals surface area contributed by atoms with Crippen molar-refractivity contribution in [3.8, 4) is 0 Å². The lowest BCUT2D eigenvalue weighted by Gasteiger charge is -2.22. The topological polar surface area (TPSA) is 69.6 Å². The van der Waals surface area contributed by atoms with E-state index in [0.717, 1.165) is 103 Å². The molecule has 0 saturated heterocycles. The fraction of sp³-hybridized carbons (Fsp3) is 0.667. The van der Waals surface area contributed by atoms with Crippen LogP contribution in [0.25, 0.3) is 0 Å². The Hall–Kier alpha value is -3.21. The van der Waals surface area contributed by atoms with Crippen LogP contribution in [0.15, 0.2) is 122 Å². The fourth-order valence-corrected chi connectivity index (χ4v) is 7.98. The second-order valence-corrected chi connectivity index (χ2v) is 18.6. The van der Waals surface area contributed by atoms with Crippen molar-refractivity contribution in [3.05, 3.63) is 122 Å². The van der Waals surface area contributed by atoms with E-state index in [1.54, 1.807) is 0 Å². The lowest BCUT2D eigenvalue weighted by Crippen LogP contribution is -2.45. The number of carbonyl (C=O) groups excluding carboxylic acids is 1. The molecule has 0 bridgehead atoms. The molecule has 2 unspecified atom stereocenters. The normalized spacial score (nSPS) is 13.8. The van der Waals surface area contributed by atoms with Gasteiger partial charge in [-0.1, -0.05) is 277 Å². The van der Waals surface area contributed by atoms with Crippen LogP contribution in [0.5, 0.6) is 0 Å². The zero-order chi connectivity index (χ0) is 48.5. The Bertz CT molecular complexity index is 1330. The van der Waals surface area contributed by atoms with Crippen molar-refractivity contribution >= 4 is 5.91 Å². The predicted octanol–water partition coefficient (Wildman–Crippen LogP) is 18.9. The zero-order valence-corrected chi connectivity index (χ0v) is 43.9. The number of hydrogen-bond acceptors (Lipinski definition) is 3. The molecule has 0 rings (SSSR count). The van der Waals surface area contributed by atoms with Crippen molar-refractivity contribution in [2.75, 3.05) is 6.61 Å². The first kappa shape index (κ1) is 63.8. The van der Waals surface area contributed by atoms with Gasteiger partial charge in [0.05, 0.1) is 18.8 Å². The van der Waals surface area contributed by atoms with E-state index >= 15 is 0 Å². The Balaban J connectivity index is 3.63. The van der Waals surface area contributed by atoms with Gasteiger partial charge in [-0.15, -0.1) is 0 Å². The predicted molar refractivity (Wildman–Crippen MR) is 299 cm³/mol.